The maximum atomic E-state index is 5.58. The Morgan fingerprint density at radius 1 is 0.289 bits per heavy atom. The molecular weight excluding hydrogens is 1550 g/mol. The van der Waals surface area contributed by atoms with E-state index in [2.05, 4.69) is 311 Å². The van der Waals surface area contributed by atoms with E-state index in [1.807, 2.05) is 45.3 Å². The fourth-order valence-corrected chi connectivity index (χ4v) is 61.1. The molecule has 0 aliphatic rings. The van der Waals surface area contributed by atoms with Crippen LogP contribution in [0.3, 0.4) is 0 Å². The molecule has 0 amide bonds. The molecule has 8 heterocycles. The van der Waals surface area contributed by atoms with Gasteiger partial charge in [0.1, 0.15) is 41.5 Å². The molecule has 0 aliphatic carbocycles. The third-order valence-corrected chi connectivity index (χ3v) is 61.0. The van der Waals surface area contributed by atoms with Crippen molar-refractivity contribution in [1.82, 2.24) is 39.0 Å². The SMILES string of the molecule is CC(C)[Si](c1nc(Br)c(-c2sc([Si](C(C)C)(C(C)C)C(C)C)nc2Br)s1)(C(C)C)C(C)C.Cc1ccc(-n2c3nc(Br)sc3c3sc(Br)nc32)cc1.Cc1ccc(-n2c3nc([Si](C(C)C)(C(C)C)C(C)C)sc3c3sc([Si](C(C)C)(C(C)C)C(C)C)nc32)cc1. The maximum Gasteiger partial charge on any atom is 0.162 e. The Labute approximate surface area is 600 Å². The number of hydrogen-bond acceptors (Lipinski definition) is 12. The average molecular weight is 1650 g/mol. The van der Waals surface area contributed by atoms with Crippen molar-refractivity contribution in [2.75, 3.05) is 0 Å². The minimum absolute atomic E-state index is 0.640. The number of aromatic nitrogens is 8. The first-order valence-corrected chi connectivity index (χ1v) is 49.4. The first-order chi connectivity index (χ1) is 42.0. The van der Waals surface area contributed by atoms with Gasteiger partial charge in [-0.3, -0.25) is 9.13 Å². The molecule has 0 N–H and O–H groups in total. The summed E-state index contributed by atoms with van der Waals surface area (Å²) in [5.41, 5.74) is 16.7. The van der Waals surface area contributed by atoms with Crippen LogP contribution in [0, 0.1) is 13.8 Å². The van der Waals surface area contributed by atoms with E-state index in [4.69, 9.17) is 19.9 Å². The molecule has 0 bridgehead atoms. The zero-order chi connectivity index (χ0) is 66.9. The summed E-state index contributed by atoms with van der Waals surface area (Å²) >= 11 is 25.8. The Kier molecular flexibility index (Phi) is 23.9. The summed E-state index contributed by atoms with van der Waals surface area (Å²) in [6, 6.07) is 17.4. The lowest BCUT2D eigenvalue weighted by molar-refractivity contribution is 0.833. The van der Waals surface area contributed by atoms with E-state index in [1.54, 1.807) is 22.7 Å². The van der Waals surface area contributed by atoms with Gasteiger partial charge in [0, 0.05) is 11.4 Å². The van der Waals surface area contributed by atoms with Crippen LogP contribution in [0.4, 0.5) is 0 Å². The standard InChI is InChI=1S/C31H49N3S2Si2.C24H42Br2N2S2Si2.C13H7Br2N3S2/c1-18(2)37(19(3)4,20(5)6)30-32-28-26(35-30)27-29(34(28)25-16-14-24(13)15-17-25)33-31(36-27)38(21(7)8,22(9)10)23(11)12;1-13(2)31(14(3)4,15(5)6)23-27-21(25)19(29-23)20-22(26)28-24(30-20)32(16(7)8,17(9)10)18(11)12;1-6-2-4-7(5-3-6)18-10-8(19-12(14)16-10)9-11(18)17-13(15)20-9/h14-23H,1-13H3;13-18H,1-12H3;2-5H,1H3. The average Bonchev–Trinajstić information content (AvgIpc) is 1.55. The Morgan fingerprint density at radius 2 is 0.500 bits per heavy atom. The summed E-state index contributed by atoms with van der Waals surface area (Å²) in [4.78, 5) is 33.3. The van der Waals surface area contributed by atoms with Crippen molar-refractivity contribution in [2.24, 2.45) is 0 Å². The molecular formula is C68H98Br4N8S6Si4. The van der Waals surface area contributed by atoms with E-state index in [0.29, 0.717) is 66.5 Å². The van der Waals surface area contributed by atoms with Crippen molar-refractivity contribution in [2.45, 2.75) is 247 Å². The number of rotatable bonds is 19. The Balaban J connectivity index is 0.000000182. The van der Waals surface area contributed by atoms with Crippen molar-refractivity contribution in [3.05, 3.63) is 76.7 Å². The molecule has 0 spiro atoms. The molecule has 0 radical (unpaired) electrons. The number of aryl methyl sites for hydroxylation is 2. The Morgan fingerprint density at radius 3 is 0.733 bits per heavy atom. The highest BCUT2D eigenvalue weighted by molar-refractivity contribution is 9.11. The zero-order valence-corrected chi connectivity index (χ0v) is 73.3. The number of hydrogen-bond donors (Lipinski definition) is 0. The molecule has 0 atom stereocenters. The van der Waals surface area contributed by atoms with E-state index in [1.165, 1.54) is 63.9 Å². The monoisotopic (exact) mass is 1650 g/mol. The first kappa shape index (κ1) is 74.4. The topological polar surface area (TPSA) is 87.2 Å². The minimum atomic E-state index is -1.87. The molecule has 2 aromatic carbocycles. The van der Waals surface area contributed by atoms with Crippen LogP contribution in [0.1, 0.15) is 177 Å². The van der Waals surface area contributed by atoms with Gasteiger partial charge in [-0.15, -0.1) is 68.0 Å². The summed E-state index contributed by atoms with van der Waals surface area (Å²) in [5, 5.41) is 0. The molecule has 490 valence electrons. The summed E-state index contributed by atoms with van der Waals surface area (Å²) in [6.45, 7) is 62.5. The van der Waals surface area contributed by atoms with Gasteiger partial charge in [0.25, 0.3) is 0 Å². The Bertz CT molecular complexity index is 3780. The smallest absolute Gasteiger partial charge is 0.162 e. The quantitative estimate of drug-likeness (QED) is 0.0750. The van der Waals surface area contributed by atoms with Gasteiger partial charge in [0.05, 0.1) is 47.1 Å². The lowest BCUT2D eigenvalue weighted by Gasteiger charge is -2.41. The van der Waals surface area contributed by atoms with Crippen molar-refractivity contribution in [3.8, 4) is 21.1 Å². The predicted molar refractivity (Wildman–Crippen MR) is 430 cm³/mol. The fourth-order valence-electron chi connectivity index (χ4n) is 17.1. The largest absolute Gasteiger partial charge is 0.277 e. The van der Waals surface area contributed by atoms with Gasteiger partial charge in [0.2, 0.25) is 0 Å². The highest BCUT2D eigenvalue weighted by Gasteiger charge is 2.52. The predicted octanol–water partition coefficient (Wildman–Crippen LogP) is 24.9. The lowest BCUT2D eigenvalue weighted by Crippen LogP contribution is -2.55. The number of thiazole rings is 6. The highest BCUT2D eigenvalue weighted by atomic mass is 79.9. The van der Waals surface area contributed by atoms with Crippen molar-refractivity contribution in [3.63, 3.8) is 0 Å². The third-order valence-electron chi connectivity index (χ3n) is 20.6. The minimum Gasteiger partial charge on any atom is -0.277 e. The zero-order valence-electron chi connectivity index (χ0n) is 58.1. The first-order valence-electron chi connectivity index (χ1n) is 32.4. The summed E-state index contributed by atoms with van der Waals surface area (Å²) in [7, 11) is -7.32. The van der Waals surface area contributed by atoms with E-state index in [0.717, 1.165) is 45.3 Å². The molecule has 0 fully saturated rings. The molecule has 10 aromatic rings. The normalized spacial score (nSPS) is 13.3. The lowest BCUT2D eigenvalue weighted by atomic mass is 10.2. The fraction of sp³-hybridized carbons (Fsp3) is 0.559. The van der Waals surface area contributed by atoms with E-state index in [-0.39, 0.29) is 0 Å². The summed E-state index contributed by atoms with van der Waals surface area (Å²) < 4.78 is 19.0. The molecule has 8 nitrogen and oxygen atoms in total. The maximum absolute atomic E-state index is 5.58. The van der Waals surface area contributed by atoms with Crippen LogP contribution in [0.25, 0.3) is 62.5 Å². The second-order valence-electron chi connectivity index (χ2n) is 28.8. The van der Waals surface area contributed by atoms with E-state index < -0.39 is 32.3 Å². The van der Waals surface area contributed by atoms with Gasteiger partial charge in [-0.2, -0.15) is 0 Å². The van der Waals surface area contributed by atoms with Crippen LogP contribution in [0.2, 0.25) is 66.5 Å². The van der Waals surface area contributed by atoms with Gasteiger partial charge in [0.15, 0.2) is 30.4 Å². The van der Waals surface area contributed by atoms with Gasteiger partial charge in [-0.25, -0.2) is 29.9 Å². The van der Waals surface area contributed by atoms with Crippen LogP contribution in [0.5, 0.6) is 0 Å². The summed E-state index contributed by atoms with van der Waals surface area (Å²) in [6.07, 6.45) is 0. The van der Waals surface area contributed by atoms with E-state index in [9.17, 15) is 0 Å². The van der Waals surface area contributed by atoms with Crippen molar-refractivity contribution >= 4 is 224 Å². The number of fused-ring (bicyclic) bond motifs is 6. The van der Waals surface area contributed by atoms with Gasteiger partial charge in [-0.1, -0.05) is 202 Å². The second-order valence-corrected chi connectivity index (χ2v) is 63.5. The van der Waals surface area contributed by atoms with E-state index >= 15 is 0 Å². The molecule has 0 saturated carbocycles. The third kappa shape index (κ3) is 12.8. The van der Waals surface area contributed by atoms with Gasteiger partial charge in [-0.05, 0) is 168 Å². The number of benzene rings is 2. The molecule has 10 rings (SSSR count). The number of nitrogens with zero attached hydrogens (tertiary/aromatic N) is 8. The van der Waals surface area contributed by atoms with Crippen molar-refractivity contribution in [1.29, 1.82) is 0 Å². The Hall–Kier alpha value is -1.39. The molecule has 90 heavy (non-hydrogen) atoms. The van der Waals surface area contributed by atoms with Crippen LogP contribution in [-0.2, 0) is 0 Å². The summed E-state index contributed by atoms with van der Waals surface area (Å²) in [5.74, 6) is 0. The van der Waals surface area contributed by atoms with Gasteiger partial charge >= 0.3 is 0 Å². The number of halogens is 4. The van der Waals surface area contributed by atoms with Crippen LogP contribution >= 0.6 is 132 Å². The second kappa shape index (κ2) is 29.0. The van der Waals surface area contributed by atoms with Crippen LogP contribution in [0.15, 0.2) is 65.6 Å². The molecule has 0 aliphatic heterocycles. The molecule has 8 aromatic heterocycles. The molecule has 0 saturated heterocycles. The van der Waals surface area contributed by atoms with Crippen LogP contribution < -0.4 is 18.5 Å². The molecule has 0 unspecified atom stereocenters. The van der Waals surface area contributed by atoms with Crippen molar-refractivity contribution < 1.29 is 0 Å². The van der Waals surface area contributed by atoms with Gasteiger partial charge < -0.3 is 0 Å². The van der Waals surface area contributed by atoms with Crippen LogP contribution in [-0.4, -0.2) is 71.3 Å². The highest BCUT2D eigenvalue weighted by Crippen LogP contribution is 2.51. The molecule has 22 heteroatoms.